The van der Waals surface area contributed by atoms with Gasteiger partial charge in [0.05, 0.1) is 6.54 Å². The molecule has 1 rings (SSSR count). The van der Waals surface area contributed by atoms with Crippen LogP contribution in [-0.2, 0) is 4.79 Å². The lowest BCUT2D eigenvalue weighted by Gasteiger charge is -2.00. The van der Waals surface area contributed by atoms with Gasteiger partial charge in [-0.2, -0.15) is 0 Å². The summed E-state index contributed by atoms with van der Waals surface area (Å²) in [6.07, 6.45) is 0. The highest BCUT2D eigenvalue weighted by Gasteiger charge is 1.93. The number of hydrogen-bond acceptors (Lipinski definition) is 2. The van der Waals surface area contributed by atoms with Gasteiger partial charge in [-0.3, -0.25) is 4.79 Å². The summed E-state index contributed by atoms with van der Waals surface area (Å²) in [5, 5.41) is 5.64. The molecule has 15 heavy (non-hydrogen) atoms. The van der Waals surface area contributed by atoms with Crippen LogP contribution in [0, 0.1) is 11.8 Å². The monoisotopic (exact) mass is 202 g/mol. The minimum atomic E-state index is -0.0657. The van der Waals surface area contributed by atoms with Crippen molar-refractivity contribution in [3.05, 3.63) is 29.8 Å². The van der Waals surface area contributed by atoms with E-state index in [9.17, 15) is 4.79 Å². The number of carbonyl (C=O) groups excluding carboxylic acids is 1. The Morgan fingerprint density at radius 3 is 2.53 bits per heavy atom. The second-order valence-electron chi connectivity index (χ2n) is 3.09. The summed E-state index contributed by atoms with van der Waals surface area (Å²) >= 11 is 0. The number of rotatable bonds is 2. The maximum atomic E-state index is 10.8. The Balaban J connectivity index is 2.65. The number of hydrogen-bond donors (Lipinski definition) is 2. The molecule has 0 fully saturated rings. The summed E-state index contributed by atoms with van der Waals surface area (Å²) < 4.78 is 0. The molecule has 1 aromatic rings. The van der Waals surface area contributed by atoms with E-state index in [0.29, 0.717) is 6.54 Å². The number of amides is 1. The maximum Gasteiger partial charge on any atom is 0.221 e. The number of nitrogens with one attached hydrogen (secondary N) is 2. The average Bonchev–Trinajstić information content (AvgIpc) is 2.20. The van der Waals surface area contributed by atoms with Gasteiger partial charge < -0.3 is 10.6 Å². The van der Waals surface area contributed by atoms with Crippen molar-refractivity contribution in [3.8, 4) is 11.8 Å². The average molecular weight is 202 g/mol. The Morgan fingerprint density at radius 2 is 2.00 bits per heavy atom. The van der Waals surface area contributed by atoms with Crippen LogP contribution >= 0.6 is 0 Å². The van der Waals surface area contributed by atoms with Crippen LogP contribution in [0.3, 0.4) is 0 Å². The van der Waals surface area contributed by atoms with Crippen molar-refractivity contribution in [2.24, 2.45) is 0 Å². The first kappa shape index (κ1) is 11.3. The van der Waals surface area contributed by atoms with Gasteiger partial charge >= 0.3 is 0 Å². The molecule has 0 aliphatic carbocycles. The molecule has 3 heteroatoms. The first-order chi connectivity index (χ1) is 7.22. The van der Waals surface area contributed by atoms with Gasteiger partial charge in [-0.15, -0.1) is 0 Å². The molecule has 1 aromatic carbocycles. The van der Waals surface area contributed by atoms with Gasteiger partial charge in [0.25, 0.3) is 0 Å². The smallest absolute Gasteiger partial charge is 0.221 e. The summed E-state index contributed by atoms with van der Waals surface area (Å²) in [6.45, 7) is 2.16. The lowest BCUT2D eigenvalue weighted by atomic mass is 10.2. The van der Waals surface area contributed by atoms with Gasteiger partial charge in [0, 0.05) is 18.2 Å². The van der Waals surface area contributed by atoms with Crippen LogP contribution in [0.4, 0.5) is 5.69 Å². The van der Waals surface area contributed by atoms with Gasteiger partial charge in [-0.1, -0.05) is 11.8 Å². The standard InChI is InChI=1S/C12H14N2O/c1-10(15)14-12-7-5-11(6-8-12)4-3-9-13-2/h5-8,13H,9H2,1-2H3,(H,14,15). The molecule has 0 saturated carbocycles. The van der Waals surface area contributed by atoms with E-state index in [0.717, 1.165) is 11.3 Å². The molecule has 3 nitrogen and oxygen atoms in total. The molecule has 0 heterocycles. The van der Waals surface area contributed by atoms with E-state index in [1.165, 1.54) is 6.92 Å². The molecule has 0 unspecified atom stereocenters. The fraction of sp³-hybridized carbons (Fsp3) is 0.250. The zero-order valence-corrected chi connectivity index (χ0v) is 8.92. The van der Waals surface area contributed by atoms with Crippen molar-refractivity contribution < 1.29 is 4.79 Å². The predicted octanol–water partition coefficient (Wildman–Crippen LogP) is 1.22. The van der Waals surface area contributed by atoms with Gasteiger partial charge in [0.2, 0.25) is 5.91 Å². The maximum absolute atomic E-state index is 10.8. The van der Waals surface area contributed by atoms with Crippen molar-refractivity contribution in [2.45, 2.75) is 6.92 Å². The quantitative estimate of drug-likeness (QED) is 0.708. The molecule has 0 saturated heterocycles. The normalized spacial score (nSPS) is 8.93. The van der Waals surface area contributed by atoms with Crippen LogP contribution in [0.1, 0.15) is 12.5 Å². The predicted molar refractivity (Wildman–Crippen MR) is 61.6 cm³/mol. The molecular formula is C12H14N2O. The van der Waals surface area contributed by atoms with Crippen molar-refractivity contribution in [3.63, 3.8) is 0 Å². The molecule has 2 N–H and O–H groups in total. The minimum absolute atomic E-state index is 0.0657. The van der Waals surface area contributed by atoms with Crippen molar-refractivity contribution >= 4 is 11.6 Å². The van der Waals surface area contributed by atoms with E-state index >= 15 is 0 Å². The Hall–Kier alpha value is -1.79. The van der Waals surface area contributed by atoms with E-state index in [4.69, 9.17) is 0 Å². The van der Waals surface area contributed by atoms with Crippen LogP contribution < -0.4 is 10.6 Å². The molecule has 0 atom stereocenters. The van der Waals surface area contributed by atoms with Crippen LogP contribution in [-0.4, -0.2) is 19.5 Å². The second-order valence-corrected chi connectivity index (χ2v) is 3.09. The van der Waals surface area contributed by atoms with E-state index in [-0.39, 0.29) is 5.91 Å². The Kier molecular flexibility index (Phi) is 4.39. The van der Waals surface area contributed by atoms with E-state index in [1.54, 1.807) is 0 Å². The zero-order chi connectivity index (χ0) is 11.1. The van der Waals surface area contributed by atoms with Crippen molar-refractivity contribution in [1.82, 2.24) is 5.32 Å². The van der Waals surface area contributed by atoms with E-state index < -0.39 is 0 Å². The van der Waals surface area contributed by atoms with Crippen molar-refractivity contribution in [2.75, 3.05) is 18.9 Å². The van der Waals surface area contributed by atoms with Crippen LogP contribution in [0.15, 0.2) is 24.3 Å². The summed E-state index contributed by atoms with van der Waals surface area (Å²) in [4.78, 5) is 10.8. The molecule has 0 aliphatic heterocycles. The van der Waals surface area contributed by atoms with Crippen molar-refractivity contribution in [1.29, 1.82) is 0 Å². The Bertz CT molecular complexity index is 384. The van der Waals surface area contributed by atoms with Crippen LogP contribution in [0.25, 0.3) is 0 Å². The highest BCUT2D eigenvalue weighted by atomic mass is 16.1. The van der Waals surface area contributed by atoms with E-state index in [2.05, 4.69) is 22.5 Å². The highest BCUT2D eigenvalue weighted by molar-refractivity contribution is 5.88. The second kappa shape index (κ2) is 5.84. The third-order valence-electron chi connectivity index (χ3n) is 1.70. The molecule has 0 spiro atoms. The largest absolute Gasteiger partial charge is 0.326 e. The summed E-state index contributed by atoms with van der Waals surface area (Å²) in [7, 11) is 1.86. The van der Waals surface area contributed by atoms with Crippen LogP contribution in [0.5, 0.6) is 0 Å². The molecule has 0 radical (unpaired) electrons. The molecular weight excluding hydrogens is 188 g/mol. The Labute approximate surface area is 89.9 Å². The molecule has 0 aliphatic rings. The number of benzene rings is 1. The molecule has 0 aromatic heterocycles. The third kappa shape index (κ3) is 4.30. The highest BCUT2D eigenvalue weighted by Crippen LogP contribution is 2.08. The third-order valence-corrected chi connectivity index (χ3v) is 1.70. The van der Waals surface area contributed by atoms with Crippen LogP contribution in [0.2, 0.25) is 0 Å². The number of anilines is 1. The fourth-order valence-electron chi connectivity index (χ4n) is 1.07. The molecule has 78 valence electrons. The fourth-order valence-corrected chi connectivity index (χ4v) is 1.07. The molecule has 1 amide bonds. The van der Waals surface area contributed by atoms with Gasteiger partial charge in [0.15, 0.2) is 0 Å². The topological polar surface area (TPSA) is 41.1 Å². The minimum Gasteiger partial charge on any atom is -0.326 e. The lowest BCUT2D eigenvalue weighted by molar-refractivity contribution is -0.114. The first-order valence-electron chi connectivity index (χ1n) is 4.73. The summed E-state index contributed by atoms with van der Waals surface area (Å²) in [6, 6.07) is 7.44. The van der Waals surface area contributed by atoms with Gasteiger partial charge in [-0.05, 0) is 31.3 Å². The summed E-state index contributed by atoms with van der Waals surface area (Å²) in [5.74, 6) is 5.90. The first-order valence-corrected chi connectivity index (χ1v) is 4.73. The zero-order valence-electron chi connectivity index (χ0n) is 8.92. The van der Waals surface area contributed by atoms with E-state index in [1.807, 2.05) is 31.3 Å². The SMILES string of the molecule is CNCC#Cc1ccc(NC(C)=O)cc1. The molecule has 0 bridgehead atoms. The Morgan fingerprint density at radius 1 is 1.33 bits per heavy atom. The van der Waals surface area contributed by atoms with Gasteiger partial charge in [-0.25, -0.2) is 0 Å². The summed E-state index contributed by atoms with van der Waals surface area (Å²) in [5.41, 5.74) is 1.74. The lowest BCUT2D eigenvalue weighted by Crippen LogP contribution is -2.05. The van der Waals surface area contributed by atoms with Gasteiger partial charge in [0.1, 0.15) is 0 Å². The number of carbonyl (C=O) groups is 1.